The maximum absolute atomic E-state index is 13.9. The highest BCUT2D eigenvalue weighted by atomic mass is 16.5. The Morgan fingerprint density at radius 1 is 1.14 bits per heavy atom. The van der Waals surface area contributed by atoms with E-state index in [4.69, 9.17) is 9.47 Å². The lowest BCUT2D eigenvalue weighted by Gasteiger charge is -2.40. The standard InChI is InChI=1S/C27H32N4O5/c1-35-21-9-7-19(8-10-21)17-24(32)30-14-11-20(12-15-30)27(23-6-2-3-13-28-23)25(33)31(26(34)29-27)18-22-5-4-16-36-22/h2-3,6-10,13,20,22H,4-5,11-12,14-18H2,1H3,(H,29,34)/t22-,27-/m0/s1. The molecule has 1 N–H and O–H groups in total. The molecule has 5 rings (SSSR count). The van der Waals surface area contributed by atoms with Crippen LogP contribution in [0.4, 0.5) is 4.79 Å². The van der Waals surface area contributed by atoms with Crippen LogP contribution in [0.15, 0.2) is 48.7 Å². The molecule has 0 bridgehead atoms. The smallest absolute Gasteiger partial charge is 0.325 e. The summed E-state index contributed by atoms with van der Waals surface area (Å²) in [5.74, 6) is 0.351. The number of nitrogens with zero attached hydrogens (tertiary/aromatic N) is 3. The average Bonchev–Trinajstić information content (AvgIpc) is 3.52. The minimum absolute atomic E-state index is 0.0484. The number of carbonyl (C=O) groups is 3. The van der Waals surface area contributed by atoms with E-state index in [0.717, 1.165) is 24.2 Å². The third-order valence-corrected chi connectivity index (χ3v) is 7.59. The summed E-state index contributed by atoms with van der Waals surface area (Å²) in [6, 6.07) is 12.5. The number of nitrogens with one attached hydrogen (secondary N) is 1. The van der Waals surface area contributed by atoms with E-state index in [0.29, 0.717) is 44.7 Å². The van der Waals surface area contributed by atoms with Crippen LogP contribution in [-0.4, -0.2) is 72.1 Å². The van der Waals surface area contributed by atoms with Crippen LogP contribution in [0.2, 0.25) is 0 Å². The van der Waals surface area contributed by atoms with Gasteiger partial charge in [-0.1, -0.05) is 18.2 Å². The van der Waals surface area contributed by atoms with Crippen LogP contribution in [-0.2, 0) is 26.3 Å². The number of benzene rings is 1. The van der Waals surface area contributed by atoms with E-state index < -0.39 is 11.6 Å². The molecule has 3 aliphatic rings. The fraction of sp³-hybridized carbons (Fsp3) is 0.481. The van der Waals surface area contributed by atoms with Gasteiger partial charge in [-0.25, -0.2) is 4.79 Å². The summed E-state index contributed by atoms with van der Waals surface area (Å²) in [5, 5.41) is 3.03. The Morgan fingerprint density at radius 2 is 1.92 bits per heavy atom. The van der Waals surface area contributed by atoms with Crippen LogP contribution in [0.25, 0.3) is 0 Å². The van der Waals surface area contributed by atoms with Crippen LogP contribution in [0.5, 0.6) is 5.75 Å². The lowest BCUT2D eigenvalue weighted by Crippen LogP contribution is -2.55. The van der Waals surface area contributed by atoms with Crippen molar-refractivity contribution in [2.45, 2.75) is 43.7 Å². The molecule has 0 radical (unpaired) electrons. The largest absolute Gasteiger partial charge is 0.497 e. The molecule has 0 spiro atoms. The third kappa shape index (κ3) is 4.55. The Kier molecular flexibility index (Phi) is 6.91. The Balaban J connectivity index is 1.31. The molecule has 3 fully saturated rings. The number of rotatable bonds is 7. The SMILES string of the molecule is COc1ccc(CC(=O)N2CCC([C@@]3(c4ccccn4)NC(=O)N(C[C@@H]4CCCO4)C3=O)CC2)cc1. The van der Waals surface area contributed by atoms with Crippen molar-refractivity contribution in [1.82, 2.24) is 20.1 Å². The minimum atomic E-state index is -1.23. The second-order valence-corrected chi connectivity index (χ2v) is 9.68. The zero-order chi connectivity index (χ0) is 25.1. The zero-order valence-electron chi connectivity index (χ0n) is 20.5. The monoisotopic (exact) mass is 492 g/mol. The number of pyridine rings is 1. The Morgan fingerprint density at radius 3 is 2.56 bits per heavy atom. The molecule has 1 aromatic carbocycles. The molecular weight excluding hydrogens is 460 g/mol. The Labute approximate surface area is 210 Å². The van der Waals surface area contributed by atoms with Crippen molar-refractivity contribution in [3.05, 3.63) is 59.9 Å². The van der Waals surface area contributed by atoms with Crippen LogP contribution >= 0.6 is 0 Å². The molecule has 3 saturated heterocycles. The van der Waals surface area contributed by atoms with Crippen molar-refractivity contribution in [1.29, 1.82) is 0 Å². The molecule has 0 saturated carbocycles. The summed E-state index contributed by atoms with van der Waals surface area (Å²) in [5.41, 5.74) is 0.235. The van der Waals surface area contributed by atoms with Crippen LogP contribution in [0.1, 0.15) is 36.9 Å². The topological polar surface area (TPSA) is 101 Å². The fourth-order valence-corrected chi connectivity index (χ4v) is 5.60. The van der Waals surface area contributed by atoms with Gasteiger partial charge in [0.05, 0.1) is 31.9 Å². The molecule has 0 unspecified atom stereocenters. The molecule has 9 nitrogen and oxygen atoms in total. The van der Waals surface area contributed by atoms with E-state index in [1.165, 1.54) is 4.90 Å². The predicted molar refractivity (Wildman–Crippen MR) is 131 cm³/mol. The van der Waals surface area contributed by atoms with Crippen LogP contribution in [0.3, 0.4) is 0 Å². The lowest BCUT2D eigenvalue weighted by molar-refractivity contribution is -0.137. The highest BCUT2D eigenvalue weighted by molar-refractivity contribution is 6.07. The number of amides is 4. The molecule has 4 amide bonds. The highest BCUT2D eigenvalue weighted by Gasteiger charge is 2.58. The number of imide groups is 1. The second-order valence-electron chi connectivity index (χ2n) is 9.68. The predicted octanol–water partition coefficient (Wildman–Crippen LogP) is 2.50. The molecule has 2 atom stereocenters. The number of hydrogen-bond donors (Lipinski definition) is 1. The van der Waals surface area contributed by atoms with Crippen molar-refractivity contribution in [3.63, 3.8) is 0 Å². The van der Waals surface area contributed by atoms with Crippen LogP contribution < -0.4 is 10.1 Å². The number of urea groups is 1. The Bertz CT molecular complexity index is 1090. The Hall–Kier alpha value is -3.46. The number of piperidine rings is 1. The molecular formula is C27H32N4O5. The first-order chi connectivity index (χ1) is 17.5. The summed E-state index contributed by atoms with van der Waals surface area (Å²) in [6.45, 7) is 1.94. The normalized spacial score (nSPS) is 24.8. The quantitative estimate of drug-likeness (QED) is 0.596. The van der Waals surface area contributed by atoms with Gasteiger partial charge in [-0.05, 0) is 55.5 Å². The van der Waals surface area contributed by atoms with E-state index in [2.05, 4.69) is 10.3 Å². The lowest BCUT2D eigenvalue weighted by atomic mass is 9.75. The molecule has 4 heterocycles. The summed E-state index contributed by atoms with van der Waals surface area (Å²) < 4.78 is 10.9. The van der Waals surface area contributed by atoms with Gasteiger partial charge in [-0.2, -0.15) is 0 Å². The summed E-state index contributed by atoms with van der Waals surface area (Å²) in [4.78, 5) is 47.6. The van der Waals surface area contributed by atoms with Crippen molar-refractivity contribution < 1.29 is 23.9 Å². The van der Waals surface area contributed by atoms with E-state index in [-0.39, 0.29) is 30.4 Å². The molecule has 0 aliphatic carbocycles. The van der Waals surface area contributed by atoms with Gasteiger partial charge in [0.2, 0.25) is 5.91 Å². The van der Waals surface area contributed by atoms with Gasteiger partial charge in [-0.15, -0.1) is 0 Å². The van der Waals surface area contributed by atoms with Crippen molar-refractivity contribution in [3.8, 4) is 5.75 Å². The average molecular weight is 493 g/mol. The van der Waals surface area contributed by atoms with Crippen molar-refractivity contribution in [2.75, 3.05) is 33.4 Å². The second kappa shape index (κ2) is 10.3. The summed E-state index contributed by atoms with van der Waals surface area (Å²) in [6.07, 6.45) is 4.77. The van der Waals surface area contributed by atoms with Gasteiger partial charge in [-0.3, -0.25) is 19.5 Å². The van der Waals surface area contributed by atoms with Crippen LogP contribution in [0, 0.1) is 5.92 Å². The van der Waals surface area contributed by atoms with Crippen molar-refractivity contribution >= 4 is 17.8 Å². The van der Waals surface area contributed by atoms with Gasteiger partial charge in [0.15, 0.2) is 5.54 Å². The van der Waals surface area contributed by atoms with E-state index in [1.807, 2.05) is 35.2 Å². The maximum atomic E-state index is 13.9. The first-order valence-corrected chi connectivity index (χ1v) is 12.6. The number of aromatic nitrogens is 1. The van der Waals surface area contributed by atoms with E-state index >= 15 is 0 Å². The molecule has 2 aromatic rings. The van der Waals surface area contributed by atoms with Crippen molar-refractivity contribution in [2.24, 2.45) is 5.92 Å². The first-order valence-electron chi connectivity index (χ1n) is 12.6. The summed E-state index contributed by atoms with van der Waals surface area (Å²) in [7, 11) is 1.61. The fourth-order valence-electron chi connectivity index (χ4n) is 5.60. The third-order valence-electron chi connectivity index (χ3n) is 7.59. The molecule has 3 aliphatic heterocycles. The van der Waals surface area contributed by atoms with E-state index in [1.54, 1.807) is 25.4 Å². The minimum Gasteiger partial charge on any atom is -0.497 e. The van der Waals surface area contributed by atoms with Gasteiger partial charge < -0.3 is 19.7 Å². The summed E-state index contributed by atoms with van der Waals surface area (Å²) >= 11 is 0. The van der Waals surface area contributed by atoms with Gasteiger partial charge >= 0.3 is 6.03 Å². The number of methoxy groups -OCH3 is 1. The van der Waals surface area contributed by atoms with Gasteiger partial charge in [0, 0.05) is 31.8 Å². The number of carbonyl (C=O) groups excluding carboxylic acids is 3. The molecule has 190 valence electrons. The number of likely N-dealkylation sites (tertiary alicyclic amines) is 1. The molecule has 36 heavy (non-hydrogen) atoms. The zero-order valence-corrected chi connectivity index (χ0v) is 20.5. The van der Waals surface area contributed by atoms with E-state index in [9.17, 15) is 14.4 Å². The first kappa shape index (κ1) is 24.2. The van der Waals surface area contributed by atoms with Gasteiger partial charge in [0.1, 0.15) is 5.75 Å². The maximum Gasteiger partial charge on any atom is 0.325 e. The number of ether oxygens (including phenoxy) is 2. The molecule has 1 aromatic heterocycles. The van der Waals surface area contributed by atoms with Gasteiger partial charge in [0.25, 0.3) is 5.91 Å². The highest BCUT2D eigenvalue weighted by Crippen LogP contribution is 2.41. The number of hydrogen-bond acceptors (Lipinski definition) is 6. The molecule has 9 heteroatoms.